The maximum atomic E-state index is 9.76. The monoisotopic (exact) mass is 232 g/mol. The van der Waals surface area contributed by atoms with Gasteiger partial charge in [-0.3, -0.25) is 0 Å². The molecule has 0 amide bonds. The van der Waals surface area contributed by atoms with Crippen LogP contribution in [0, 0.1) is 11.3 Å². The van der Waals surface area contributed by atoms with Gasteiger partial charge in [0.15, 0.2) is 0 Å². The van der Waals surface area contributed by atoms with E-state index >= 15 is 0 Å². The zero-order chi connectivity index (χ0) is 11.7. The highest BCUT2D eigenvalue weighted by Crippen LogP contribution is 2.60. The van der Waals surface area contributed by atoms with Crippen molar-refractivity contribution in [2.45, 2.75) is 25.2 Å². The number of ether oxygens (including phenoxy) is 1. The molecule has 3 rings (SSSR count). The van der Waals surface area contributed by atoms with Crippen molar-refractivity contribution in [1.29, 1.82) is 0 Å². The quantitative estimate of drug-likeness (QED) is 0.868. The lowest BCUT2D eigenvalue weighted by atomic mass is 9.75. The van der Waals surface area contributed by atoms with Gasteiger partial charge in [0.1, 0.15) is 0 Å². The molecule has 1 aliphatic heterocycles. The Labute approximate surface area is 103 Å². The van der Waals surface area contributed by atoms with Crippen molar-refractivity contribution in [1.82, 2.24) is 0 Å². The van der Waals surface area contributed by atoms with Crippen LogP contribution in [0.4, 0.5) is 0 Å². The molecule has 2 heteroatoms. The molecular formula is C15H20O2. The predicted octanol–water partition coefficient (Wildman–Crippen LogP) is 2.58. The van der Waals surface area contributed by atoms with E-state index in [1.807, 2.05) is 0 Å². The van der Waals surface area contributed by atoms with Crippen molar-refractivity contribution < 1.29 is 9.84 Å². The lowest BCUT2D eigenvalue weighted by Gasteiger charge is -2.36. The van der Waals surface area contributed by atoms with E-state index in [0.29, 0.717) is 18.4 Å². The molecule has 1 aromatic carbocycles. The summed E-state index contributed by atoms with van der Waals surface area (Å²) in [5, 5.41) is 9.76. The minimum Gasteiger partial charge on any atom is -0.396 e. The Hall–Kier alpha value is -0.860. The smallest absolute Gasteiger partial charge is 0.0492 e. The van der Waals surface area contributed by atoms with Gasteiger partial charge in [0, 0.05) is 25.2 Å². The summed E-state index contributed by atoms with van der Waals surface area (Å²) in [6, 6.07) is 10.7. The molecule has 1 N–H and O–H groups in total. The molecule has 1 aromatic rings. The molecule has 2 nitrogen and oxygen atoms in total. The lowest BCUT2D eigenvalue weighted by molar-refractivity contribution is -0.0298. The molecule has 0 bridgehead atoms. The Balaban J connectivity index is 1.74. The van der Waals surface area contributed by atoms with Crippen molar-refractivity contribution in [3.63, 3.8) is 0 Å². The highest BCUT2D eigenvalue weighted by atomic mass is 16.5. The predicted molar refractivity (Wildman–Crippen MR) is 66.9 cm³/mol. The molecule has 92 valence electrons. The van der Waals surface area contributed by atoms with Gasteiger partial charge in [-0.15, -0.1) is 0 Å². The van der Waals surface area contributed by atoms with E-state index in [4.69, 9.17) is 4.74 Å². The first-order valence-electron chi connectivity index (χ1n) is 6.59. The summed E-state index contributed by atoms with van der Waals surface area (Å²) >= 11 is 0. The standard InChI is InChI=1S/C15H20O2/c16-11-15(6-8-17-9-7-15)14-10-13(14)12-4-2-1-3-5-12/h1-5,13-14,16H,6-11H2. The Kier molecular flexibility index (Phi) is 2.93. The van der Waals surface area contributed by atoms with Crippen molar-refractivity contribution in [2.24, 2.45) is 11.3 Å². The summed E-state index contributed by atoms with van der Waals surface area (Å²) < 4.78 is 5.43. The fourth-order valence-corrected chi connectivity index (χ4v) is 3.36. The van der Waals surface area contributed by atoms with Gasteiger partial charge < -0.3 is 9.84 Å². The second-order valence-electron chi connectivity index (χ2n) is 5.49. The van der Waals surface area contributed by atoms with Gasteiger partial charge in [0.05, 0.1) is 0 Å². The minimum atomic E-state index is 0.138. The van der Waals surface area contributed by atoms with Crippen LogP contribution in [0.2, 0.25) is 0 Å². The molecule has 1 saturated heterocycles. The Morgan fingerprint density at radius 2 is 1.88 bits per heavy atom. The summed E-state index contributed by atoms with van der Waals surface area (Å²) in [7, 11) is 0. The number of rotatable bonds is 3. The van der Waals surface area contributed by atoms with Crippen LogP contribution >= 0.6 is 0 Å². The average Bonchev–Trinajstić information content (AvgIpc) is 3.21. The maximum absolute atomic E-state index is 9.76. The highest BCUT2D eigenvalue weighted by molar-refractivity contribution is 5.27. The number of aliphatic hydroxyl groups is 1. The van der Waals surface area contributed by atoms with E-state index in [0.717, 1.165) is 26.1 Å². The number of benzene rings is 1. The molecule has 0 radical (unpaired) electrons. The molecule has 2 aliphatic rings. The van der Waals surface area contributed by atoms with Crippen molar-refractivity contribution in [3.8, 4) is 0 Å². The van der Waals surface area contributed by atoms with Gasteiger partial charge in [-0.2, -0.15) is 0 Å². The van der Waals surface area contributed by atoms with Crippen molar-refractivity contribution in [3.05, 3.63) is 35.9 Å². The molecule has 2 unspecified atom stereocenters. The summed E-state index contributed by atoms with van der Waals surface area (Å²) in [5.74, 6) is 1.33. The van der Waals surface area contributed by atoms with Gasteiger partial charge in [0.25, 0.3) is 0 Å². The molecule has 0 spiro atoms. The third-order valence-corrected chi connectivity index (χ3v) is 4.61. The highest BCUT2D eigenvalue weighted by Gasteiger charge is 2.52. The second kappa shape index (κ2) is 4.43. The van der Waals surface area contributed by atoms with Gasteiger partial charge >= 0.3 is 0 Å². The van der Waals surface area contributed by atoms with Crippen LogP contribution in [0.1, 0.15) is 30.7 Å². The Bertz CT molecular complexity index is 368. The zero-order valence-corrected chi connectivity index (χ0v) is 10.1. The van der Waals surface area contributed by atoms with Crippen LogP contribution in [-0.4, -0.2) is 24.9 Å². The van der Waals surface area contributed by atoms with Crippen molar-refractivity contribution >= 4 is 0 Å². The van der Waals surface area contributed by atoms with Crippen LogP contribution in [0.15, 0.2) is 30.3 Å². The molecule has 0 aromatic heterocycles. The molecular weight excluding hydrogens is 212 g/mol. The fraction of sp³-hybridized carbons (Fsp3) is 0.600. The zero-order valence-electron chi connectivity index (χ0n) is 10.1. The normalized spacial score (nSPS) is 31.1. The van der Waals surface area contributed by atoms with E-state index < -0.39 is 0 Å². The van der Waals surface area contributed by atoms with Gasteiger partial charge in [-0.1, -0.05) is 30.3 Å². The van der Waals surface area contributed by atoms with E-state index in [1.54, 1.807) is 0 Å². The van der Waals surface area contributed by atoms with Crippen LogP contribution in [0.3, 0.4) is 0 Å². The third kappa shape index (κ3) is 2.00. The first kappa shape index (κ1) is 11.2. The third-order valence-electron chi connectivity index (χ3n) is 4.61. The molecule has 2 fully saturated rings. The first-order chi connectivity index (χ1) is 8.36. The average molecular weight is 232 g/mol. The number of aliphatic hydroxyl groups excluding tert-OH is 1. The Morgan fingerprint density at radius 3 is 2.53 bits per heavy atom. The van der Waals surface area contributed by atoms with Gasteiger partial charge in [0.2, 0.25) is 0 Å². The maximum Gasteiger partial charge on any atom is 0.0492 e. The minimum absolute atomic E-state index is 0.138. The van der Waals surface area contributed by atoms with Gasteiger partial charge in [-0.05, 0) is 36.7 Å². The largest absolute Gasteiger partial charge is 0.396 e. The summed E-state index contributed by atoms with van der Waals surface area (Å²) in [4.78, 5) is 0. The molecule has 1 aliphatic carbocycles. The lowest BCUT2D eigenvalue weighted by Crippen LogP contribution is -2.35. The van der Waals surface area contributed by atoms with E-state index in [-0.39, 0.29) is 5.41 Å². The Morgan fingerprint density at radius 1 is 1.18 bits per heavy atom. The molecule has 2 atom stereocenters. The fourth-order valence-electron chi connectivity index (χ4n) is 3.36. The second-order valence-corrected chi connectivity index (χ2v) is 5.49. The molecule has 17 heavy (non-hydrogen) atoms. The van der Waals surface area contributed by atoms with E-state index in [1.165, 1.54) is 12.0 Å². The van der Waals surface area contributed by atoms with Crippen LogP contribution in [-0.2, 0) is 4.74 Å². The number of hydrogen-bond donors (Lipinski definition) is 1. The summed E-state index contributed by atoms with van der Waals surface area (Å²) in [6.45, 7) is 1.96. The van der Waals surface area contributed by atoms with E-state index in [2.05, 4.69) is 30.3 Å². The topological polar surface area (TPSA) is 29.5 Å². The van der Waals surface area contributed by atoms with E-state index in [9.17, 15) is 5.11 Å². The van der Waals surface area contributed by atoms with Crippen molar-refractivity contribution in [2.75, 3.05) is 19.8 Å². The molecule has 1 saturated carbocycles. The van der Waals surface area contributed by atoms with Crippen LogP contribution in [0.5, 0.6) is 0 Å². The molecule has 1 heterocycles. The first-order valence-corrected chi connectivity index (χ1v) is 6.59. The van der Waals surface area contributed by atoms with Crippen LogP contribution < -0.4 is 0 Å². The van der Waals surface area contributed by atoms with Crippen LogP contribution in [0.25, 0.3) is 0 Å². The number of hydrogen-bond acceptors (Lipinski definition) is 2. The summed E-state index contributed by atoms with van der Waals surface area (Å²) in [5.41, 5.74) is 1.58. The summed E-state index contributed by atoms with van der Waals surface area (Å²) in [6.07, 6.45) is 3.29. The van der Waals surface area contributed by atoms with Gasteiger partial charge in [-0.25, -0.2) is 0 Å². The SMILES string of the molecule is OCC1(C2CC2c2ccccc2)CCOCC1.